The van der Waals surface area contributed by atoms with Crippen LogP contribution in [-0.2, 0) is 16.7 Å². The minimum Gasteiger partial charge on any atom is -0.507 e. The second-order valence-electron chi connectivity index (χ2n) is 9.10. The summed E-state index contributed by atoms with van der Waals surface area (Å²) in [6, 6.07) is 15.5. The Kier molecular flexibility index (Phi) is 6.34. The standard InChI is InChI=1S/C27H30N2O4S/c1-32-23-9-5-8-22(30)20(23)16-29-13-11-27(12-14-29)21-7-4-3-6-19(21)24(25(27)33-2)28-26(31)18-10-15-34-17-18/h3-10,15,17,24-25,30H,11-14,16H2,1-2H3,(H,28,31)/t24-,25+/m1/s1. The number of phenols is 1. The maximum Gasteiger partial charge on any atom is 0.252 e. The van der Waals surface area contributed by atoms with E-state index in [0.29, 0.717) is 17.9 Å². The zero-order valence-corrected chi connectivity index (χ0v) is 20.3. The first kappa shape index (κ1) is 22.9. The summed E-state index contributed by atoms with van der Waals surface area (Å²) in [7, 11) is 3.38. The number of hydrogen-bond donors (Lipinski definition) is 2. The van der Waals surface area contributed by atoms with E-state index in [-0.39, 0.29) is 29.2 Å². The maximum absolute atomic E-state index is 12.9. The van der Waals surface area contributed by atoms with Crippen LogP contribution in [0.1, 0.15) is 45.9 Å². The fourth-order valence-electron chi connectivity index (χ4n) is 5.78. The van der Waals surface area contributed by atoms with E-state index in [1.807, 2.05) is 29.0 Å². The van der Waals surface area contributed by atoms with Crippen molar-refractivity contribution in [3.05, 3.63) is 81.5 Å². The van der Waals surface area contributed by atoms with Gasteiger partial charge in [0.2, 0.25) is 0 Å². The second kappa shape index (κ2) is 9.41. The normalized spacial score (nSPS) is 21.4. The zero-order valence-electron chi connectivity index (χ0n) is 19.5. The predicted molar refractivity (Wildman–Crippen MR) is 133 cm³/mol. The lowest BCUT2D eigenvalue weighted by Crippen LogP contribution is -2.50. The second-order valence-corrected chi connectivity index (χ2v) is 9.88. The van der Waals surface area contributed by atoms with E-state index in [1.165, 1.54) is 16.9 Å². The molecule has 0 saturated carbocycles. The molecule has 0 unspecified atom stereocenters. The largest absolute Gasteiger partial charge is 0.507 e. The van der Waals surface area contributed by atoms with Crippen LogP contribution in [0.2, 0.25) is 0 Å². The van der Waals surface area contributed by atoms with Crippen molar-refractivity contribution in [1.82, 2.24) is 10.2 Å². The Labute approximate surface area is 204 Å². The van der Waals surface area contributed by atoms with Crippen LogP contribution in [0.5, 0.6) is 11.5 Å². The quantitative estimate of drug-likeness (QED) is 0.546. The van der Waals surface area contributed by atoms with Crippen LogP contribution in [0, 0.1) is 0 Å². The van der Waals surface area contributed by atoms with Crippen molar-refractivity contribution >= 4 is 17.2 Å². The highest BCUT2D eigenvalue weighted by Gasteiger charge is 2.54. The summed E-state index contributed by atoms with van der Waals surface area (Å²) in [5, 5.41) is 17.5. The van der Waals surface area contributed by atoms with Crippen LogP contribution < -0.4 is 10.1 Å². The average molecular weight is 479 g/mol. The number of phenolic OH excluding ortho intramolecular Hbond substituents is 1. The first-order chi connectivity index (χ1) is 16.6. The van der Waals surface area contributed by atoms with Crippen molar-refractivity contribution in [3.8, 4) is 11.5 Å². The number of carbonyl (C=O) groups is 1. The van der Waals surface area contributed by atoms with Gasteiger partial charge < -0.3 is 19.9 Å². The number of methoxy groups -OCH3 is 2. The van der Waals surface area contributed by atoms with Gasteiger partial charge >= 0.3 is 0 Å². The van der Waals surface area contributed by atoms with Crippen molar-refractivity contribution in [2.45, 2.75) is 36.9 Å². The molecule has 1 aromatic heterocycles. The molecule has 0 bridgehead atoms. The Balaban J connectivity index is 1.39. The van der Waals surface area contributed by atoms with E-state index in [1.54, 1.807) is 26.4 Å². The van der Waals surface area contributed by atoms with Gasteiger partial charge in [0, 0.05) is 30.0 Å². The lowest BCUT2D eigenvalue weighted by atomic mass is 9.71. The molecule has 5 rings (SSSR count). The third kappa shape index (κ3) is 3.87. The number of likely N-dealkylation sites (tertiary alicyclic amines) is 1. The first-order valence-electron chi connectivity index (χ1n) is 11.6. The van der Waals surface area contributed by atoms with Crippen molar-refractivity contribution in [3.63, 3.8) is 0 Å². The molecule has 178 valence electrons. The maximum atomic E-state index is 12.9. The molecule has 0 radical (unpaired) electrons. The summed E-state index contributed by atoms with van der Waals surface area (Å²) < 4.78 is 11.6. The number of hydrogen-bond acceptors (Lipinski definition) is 6. The van der Waals surface area contributed by atoms with Crippen LogP contribution in [-0.4, -0.2) is 49.3 Å². The molecule has 1 amide bonds. The van der Waals surface area contributed by atoms with Gasteiger partial charge in [-0.15, -0.1) is 0 Å². The first-order valence-corrected chi connectivity index (χ1v) is 12.5. The Bertz CT molecular complexity index is 1160. The highest BCUT2D eigenvalue weighted by molar-refractivity contribution is 7.08. The van der Waals surface area contributed by atoms with E-state index in [9.17, 15) is 9.90 Å². The van der Waals surface area contributed by atoms with Gasteiger partial charge in [-0.1, -0.05) is 30.3 Å². The Morgan fingerprint density at radius 2 is 1.94 bits per heavy atom. The van der Waals surface area contributed by atoms with Crippen molar-refractivity contribution < 1.29 is 19.4 Å². The van der Waals surface area contributed by atoms with E-state index in [2.05, 4.69) is 28.4 Å². The Morgan fingerprint density at radius 3 is 2.65 bits per heavy atom. The number of nitrogens with one attached hydrogen (secondary N) is 1. The van der Waals surface area contributed by atoms with Gasteiger partial charge in [0.05, 0.1) is 24.8 Å². The van der Waals surface area contributed by atoms with Crippen molar-refractivity contribution in [1.29, 1.82) is 0 Å². The summed E-state index contributed by atoms with van der Waals surface area (Å²) >= 11 is 1.52. The topological polar surface area (TPSA) is 71.0 Å². The number of aromatic hydroxyl groups is 1. The van der Waals surface area contributed by atoms with Gasteiger partial charge in [0.25, 0.3) is 5.91 Å². The molecule has 1 saturated heterocycles. The molecule has 2 atom stereocenters. The number of piperidine rings is 1. The van der Waals surface area contributed by atoms with Gasteiger partial charge in [-0.2, -0.15) is 11.3 Å². The summed E-state index contributed by atoms with van der Waals surface area (Å²) in [4.78, 5) is 15.3. The smallest absolute Gasteiger partial charge is 0.252 e. The fourth-order valence-corrected chi connectivity index (χ4v) is 6.42. The number of thiophene rings is 1. The van der Waals surface area contributed by atoms with Crippen LogP contribution >= 0.6 is 11.3 Å². The molecule has 2 N–H and O–H groups in total. The third-order valence-electron chi connectivity index (χ3n) is 7.46. The zero-order chi connectivity index (χ0) is 23.7. The number of fused-ring (bicyclic) bond motifs is 2. The van der Waals surface area contributed by atoms with E-state index >= 15 is 0 Å². The molecule has 34 heavy (non-hydrogen) atoms. The van der Waals surface area contributed by atoms with Crippen LogP contribution in [0.4, 0.5) is 0 Å². The highest BCUT2D eigenvalue weighted by Crippen LogP contribution is 2.52. The highest BCUT2D eigenvalue weighted by atomic mass is 32.1. The molecule has 1 fully saturated rings. The van der Waals surface area contributed by atoms with Gasteiger partial charge in [-0.3, -0.25) is 9.69 Å². The van der Waals surface area contributed by atoms with Crippen molar-refractivity contribution in [2.24, 2.45) is 0 Å². The molecule has 3 aromatic rings. The van der Waals surface area contributed by atoms with Crippen LogP contribution in [0.3, 0.4) is 0 Å². The SMILES string of the molecule is COc1cccc(O)c1CN1CCC2(CC1)c1ccccc1[C@@H](NC(=O)c1ccsc1)[C@@H]2OC. The molecule has 7 heteroatoms. The summed E-state index contributed by atoms with van der Waals surface area (Å²) in [6.45, 7) is 2.34. The lowest BCUT2D eigenvalue weighted by Gasteiger charge is -2.44. The summed E-state index contributed by atoms with van der Waals surface area (Å²) in [5.74, 6) is 0.901. The molecular formula is C27H30N2O4S. The number of nitrogens with zero attached hydrogens (tertiary/aromatic N) is 1. The number of amides is 1. The molecule has 2 aliphatic rings. The summed E-state index contributed by atoms with van der Waals surface area (Å²) in [6.07, 6.45) is 1.67. The molecule has 1 aliphatic carbocycles. The predicted octanol–water partition coefficient (Wildman–Crippen LogP) is 4.50. The molecule has 2 aromatic carbocycles. The Morgan fingerprint density at radius 1 is 1.15 bits per heavy atom. The third-order valence-corrected chi connectivity index (χ3v) is 8.14. The minimum atomic E-state index is -0.196. The summed E-state index contributed by atoms with van der Waals surface area (Å²) in [5.41, 5.74) is 3.75. The molecule has 1 aliphatic heterocycles. The van der Waals surface area contributed by atoms with E-state index in [4.69, 9.17) is 9.47 Å². The molecule has 1 spiro atoms. The van der Waals surface area contributed by atoms with Gasteiger partial charge in [0.1, 0.15) is 11.5 Å². The number of rotatable bonds is 6. The number of carbonyl (C=O) groups excluding carboxylic acids is 1. The van der Waals surface area contributed by atoms with Gasteiger partial charge in [0.15, 0.2) is 0 Å². The molecule has 2 heterocycles. The van der Waals surface area contributed by atoms with E-state index in [0.717, 1.165) is 37.1 Å². The van der Waals surface area contributed by atoms with Crippen molar-refractivity contribution in [2.75, 3.05) is 27.3 Å². The average Bonchev–Trinajstić information content (AvgIpc) is 3.48. The molecule has 6 nitrogen and oxygen atoms in total. The minimum absolute atomic E-state index is 0.0655. The fraction of sp³-hybridized carbons (Fsp3) is 0.370. The van der Waals surface area contributed by atoms with Crippen LogP contribution in [0.15, 0.2) is 59.3 Å². The molecular weight excluding hydrogens is 448 g/mol. The van der Waals surface area contributed by atoms with E-state index < -0.39 is 0 Å². The monoisotopic (exact) mass is 478 g/mol. The van der Waals surface area contributed by atoms with Gasteiger partial charge in [-0.05, 0) is 60.6 Å². The van der Waals surface area contributed by atoms with Crippen LogP contribution in [0.25, 0.3) is 0 Å². The Hall–Kier alpha value is -2.87. The van der Waals surface area contributed by atoms with Gasteiger partial charge in [-0.25, -0.2) is 0 Å². The number of benzene rings is 2. The number of ether oxygens (including phenoxy) is 2. The lowest BCUT2D eigenvalue weighted by molar-refractivity contribution is -0.0123.